The number of hydrogen-bond donors (Lipinski definition) is 1. The zero-order chi connectivity index (χ0) is 14.5. The van der Waals surface area contributed by atoms with Crippen molar-refractivity contribution in [3.63, 3.8) is 0 Å². The Hall–Kier alpha value is -2.47. The van der Waals surface area contributed by atoms with Gasteiger partial charge in [0.15, 0.2) is 11.0 Å². The maximum absolute atomic E-state index is 4.58. The first-order valence-corrected chi connectivity index (χ1v) is 7.24. The van der Waals surface area contributed by atoms with Gasteiger partial charge in [-0.15, -0.1) is 0 Å². The minimum atomic E-state index is 0.664. The fourth-order valence-corrected chi connectivity index (χ4v) is 2.47. The summed E-state index contributed by atoms with van der Waals surface area (Å²) < 4.78 is 0. The molecule has 0 atom stereocenters. The molecule has 2 aromatic heterocycles. The van der Waals surface area contributed by atoms with Crippen molar-refractivity contribution in [3.05, 3.63) is 54.9 Å². The van der Waals surface area contributed by atoms with E-state index in [2.05, 4.69) is 25.3 Å². The summed E-state index contributed by atoms with van der Waals surface area (Å²) in [5.41, 5.74) is 0.977. The summed E-state index contributed by atoms with van der Waals surface area (Å²) in [6.07, 6.45) is 3.43. The van der Waals surface area contributed by atoms with Gasteiger partial charge in [0.05, 0.1) is 0 Å². The van der Waals surface area contributed by atoms with Crippen molar-refractivity contribution < 1.29 is 0 Å². The monoisotopic (exact) mass is 295 g/mol. The fourth-order valence-electron chi connectivity index (χ4n) is 1.75. The molecular weight excluding hydrogens is 282 g/mol. The molecule has 0 saturated carbocycles. The van der Waals surface area contributed by atoms with Gasteiger partial charge in [-0.25, -0.2) is 19.9 Å². The van der Waals surface area contributed by atoms with Crippen LogP contribution in [0.25, 0.3) is 11.4 Å². The van der Waals surface area contributed by atoms with Crippen LogP contribution in [0.15, 0.2) is 65.0 Å². The zero-order valence-corrected chi connectivity index (χ0v) is 12.2. The van der Waals surface area contributed by atoms with Gasteiger partial charge in [0.25, 0.3) is 0 Å². The quantitative estimate of drug-likeness (QED) is 0.589. The Morgan fingerprint density at radius 1 is 0.952 bits per heavy atom. The standard InChI is InChI=1S/C15H13N5S/c1-16-12-10-13(21-15-17-8-5-9-18-15)20-14(19-12)11-6-3-2-4-7-11/h2-10H,1H3,(H,16,19,20). The third-order valence-electron chi connectivity index (χ3n) is 2.73. The third-order valence-corrected chi connectivity index (χ3v) is 3.54. The van der Waals surface area contributed by atoms with Gasteiger partial charge < -0.3 is 5.32 Å². The molecule has 2 heterocycles. The van der Waals surface area contributed by atoms with Crippen LogP contribution in [-0.2, 0) is 0 Å². The summed E-state index contributed by atoms with van der Waals surface area (Å²) >= 11 is 1.41. The smallest absolute Gasteiger partial charge is 0.193 e. The third kappa shape index (κ3) is 3.35. The lowest BCUT2D eigenvalue weighted by atomic mass is 10.2. The summed E-state index contributed by atoms with van der Waals surface area (Å²) in [6.45, 7) is 0. The van der Waals surface area contributed by atoms with Crippen molar-refractivity contribution in [3.8, 4) is 11.4 Å². The molecule has 0 spiro atoms. The molecule has 0 bridgehead atoms. The van der Waals surface area contributed by atoms with E-state index in [1.165, 1.54) is 11.8 Å². The predicted molar refractivity (Wildman–Crippen MR) is 83.2 cm³/mol. The highest BCUT2D eigenvalue weighted by Gasteiger charge is 2.08. The Labute approximate surface area is 126 Å². The highest BCUT2D eigenvalue weighted by molar-refractivity contribution is 7.99. The lowest BCUT2D eigenvalue weighted by molar-refractivity contribution is 0.957. The molecule has 0 unspecified atom stereocenters. The van der Waals surface area contributed by atoms with Gasteiger partial charge >= 0.3 is 0 Å². The van der Waals surface area contributed by atoms with Gasteiger partial charge in [0.1, 0.15) is 10.8 Å². The van der Waals surface area contributed by atoms with E-state index < -0.39 is 0 Å². The summed E-state index contributed by atoms with van der Waals surface area (Å²) in [5.74, 6) is 1.45. The number of nitrogens with one attached hydrogen (secondary N) is 1. The van der Waals surface area contributed by atoms with Gasteiger partial charge in [0, 0.05) is 31.1 Å². The van der Waals surface area contributed by atoms with E-state index in [0.29, 0.717) is 11.0 Å². The summed E-state index contributed by atoms with van der Waals surface area (Å²) in [7, 11) is 1.84. The van der Waals surface area contributed by atoms with Crippen molar-refractivity contribution in [1.82, 2.24) is 19.9 Å². The van der Waals surface area contributed by atoms with E-state index >= 15 is 0 Å². The van der Waals surface area contributed by atoms with Crippen LogP contribution < -0.4 is 5.32 Å². The molecule has 21 heavy (non-hydrogen) atoms. The van der Waals surface area contributed by atoms with Gasteiger partial charge in [-0.3, -0.25) is 0 Å². The SMILES string of the molecule is CNc1cc(Sc2ncccn2)nc(-c2ccccc2)n1. The molecule has 0 aliphatic rings. The molecule has 3 rings (SSSR count). The summed E-state index contributed by atoms with van der Waals surface area (Å²) in [6, 6.07) is 13.6. The van der Waals surface area contributed by atoms with Crippen LogP contribution in [0, 0.1) is 0 Å². The van der Waals surface area contributed by atoms with Crippen LogP contribution in [0.4, 0.5) is 5.82 Å². The number of anilines is 1. The second-order valence-corrected chi connectivity index (χ2v) is 5.15. The van der Waals surface area contributed by atoms with E-state index in [0.717, 1.165) is 16.4 Å². The van der Waals surface area contributed by atoms with E-state index in [9.17, 15) is 0 Å². The first-order valence-electron chi connectivity index (χ1n) is 6.42. The van der Waals surface area contributed by atoms with Crippen molar-refractivity contribution in [2.75, 3.05) is 12.4 Å². The zero-order valence-electron chi connectivity index (χ0n) is 11.4. The number of benzene rings is 1. The lowest BCUT2D eigenvalue weighted by Gasteiger charge is -2.07. The van der Waals surface area contributed by atoms with Crippen LogP contribution in [0.3, 0.4) is 0 Å². The average molecular weight is 295 g/mol. The summed E-state index contributed by atoms with van der Waals surface area (Å²) in [4.78, 5) is 17.5. The van der Waals surface area contributed by atoms with Gasteiger partial charge in [0.2, 0.25) is 0 Å². The molecule has 0 saturated heterocycles. The molecule has 0 radical (unpaired) electrons. The predicted octanol–water partition coefficient (Wildman–Crippen LogP) is 3.13. The molecule has 3 aromatic rings. The molecule has 5 nitrogen and oxygen atoms in total. The van der Waals surface area contributed by atoms with Crippen LogP contribution in [0.2, 0.25) is 0 Å². The normalized spacial score (nSPS) is 10.3. The molecule has 1 aromatic carbocycles. The van der Waals surface area contributed by atoms with Crippen molar-refractivity contribution in [2.45, 2.75) is 10.2 Å². The molecule has 6 heteroatoms. The van der Waals surface area contributed by atoms with Gasteiger partial charge in [-0.2, -0.15) is 0 Å². The van der Waals surface area contributed by atoms with Crippen LogP contribution in [0.1, 0.15) is 0 Å². The van der Waals surface area contributed by atoms with Gasteiger partial charge in [-0.05, 0) is 17.8 Å². The number of rotatable bonds is 4. The Morgan fingerprint density at radius 3 is 2.43 bits per heavy atom. The van der Waals surface area contributed by atoms with Crippen molar-refractivity contribution in [1.29, 1.82) is 0 Å². The van der Waals surface area contributed by atoms with Crippen molar-refractivity contribution >= 4 is 17.6 Å². The molecular formula is C15H13N5S. The average Bonchev–Trinajstić information content (AvgIpc) is 2.56. The highest BCUT2D eigenvalue weighted by atomic mass is 32.2. The highest BCUT2D eigenvalue weighted by Crippen LogP contribution is 2.26. The second kappa shape index (κ2) is 6.32. The van der Waals surface area contributed by atoms with Gasteiger partial charge in [-0.1, -0.05) is 30.3 Å². The Kier molecular flexibility index (Phi) is 4.07. The molecule has 0 fully saturated rings. The molecule has 0 amide bonds. The first-order chi connectivity index (χ1) is 10.3. The Morgan fingerprint density at radius 2 is 1.71 bits per heavy atom. The fraction of sp³-hybridized carbons (Fsp3) is 0.0667. The topological polar surface area (TPSA) is 63.6 Å². The molecule has 0 aliphatic heterocycles. The second-order valence-electron chi connectivity index (χ2n) is 4.16. The summed E-state index contributed by atoms with van der Waals surface area (Å²) in [5, 5.41) is 4.53. The van der Waals surface area contributed by atoms with Crippen molar-refractivity contribution in [2.24, 2.45) is 0 Å². The largest absolute Gasteiger partial charge is 0.373 e. The molecule has 104 valence electrons. The number of hydrogen-bond acceptors (Lipinski definition) is 6. The molecule has 1 N–H and O–H groups in total. The van der Waals surface area contributed by atoms with E-state index in [4.69, 9.17) is 0 Å². The lowest BCUT2D eigenvalue weighted by Crippen LogP contribution is -1.98. The molecule has 0 aliphatic carbocycles. The Balaban J connectivity index is 1.98. The number of aromatic nitrogens is 4. The first kappa shape index (κ1) is 13.5. The maximum Gasteiger partial charge on any atom is 0.193 e. The van der Waals surface area contributed by atoms with Crippen LogP contribution in [0.5, 0.6) is 0 Å². The minimum Gasteiger partial charge on any atom is -0.373 e. The number of nitrogens with zero attached hydrogens (tertiary/aromatic N) is 4. The van der Waals surface area contributed by atoms with Crippen LogP contribution in [-0.4, -0.2) is 27.0 Å². The minimum absolute atomic E-state index is 0.664. The Bertz CT molecular complexity index is 719. The van der Waals surface area contributed by atoms with E-state index in [-0.39, 0.29) is 0 Å². The van der Waals surface area contributed by atoms with Crippen LogP contribution >= 0.6 is 11.8 Å². The van der Waals surface area contributed by atoms with E-state index in [1.807, 2.05) is 43.4 Å². The maximum atomic E-state index is 4.58. The van der Waals surface area contributed by atoms with E-state index in [1.54, 1.807) is 18.5 Å².